The van der Waals surface area contributed by atoms with Gasteiger partial charge in [0, 0.05) is 38.9 Å². The van der Waals surface area contributed by atoms with Crippen LogP contribution in [0.1, 0.15) is 227 Å². The molecule has 0 aromatic heterocycles. The molecule has 0 bridgehead atoms. The highest BCUT2D eigenvalue weighted by Gasteiger charge is 2.54. The summed E-state index contributed by atoms with van der Waals surface area (Å²) in [5.74, 6) is -0.506. The predicted octanol–water partition coefficient (Wildman–Crippen LogP) is 16.0. The van der Waals surface area contributed by atoms with Crippen LogP contribution in [0.2, 0.25) is 0 Å². The molecule has 0 saturated carbocycles. The summed E-state index contributed by atoms with van der Waals surface area (Å²) in [6, 6.07) is 0. The molecule has 0 radical (unpaired) electrons. The molecule has 6 nitrogen and oxygen atoms in total. The zero-order valence-electron chi connectivity index (χ0n) is 27.9. The lowest BCUT2D eigenvalue weighted by Gasteiger charge is -2.51. The highest BCUT2D eigenvalue weighted by Crippen LogP contribution is 2.48. The fourth-order valence-corrected chi connectivity index (χ4v) is 4.55. The van der Waals surface area contributed by atoms with Gasteiger partial charge in [0.1, 0.15) is 11.2 Å². The molecule has 316 valence electrons. The van der Waals surface area contributed by atoms with Crippen LogP contribution in [0.5, 0.6) is 0 Å². The van der Waals surface area contributed by atoms with Gasteiger partial charge in [-0.05, 0) is 68.2 Å². The molecule has 2 unspecified atom stereocenters. The second kappa shape index (κ2) is 42.0. The molecule has 0 aliphatic heterocycles. The summed E-state index contributed by atoms with van der Waals surface area (Å²) in [6.45, 7) is 35.1. The molecular weight excluding hydrogens is 600 g/mol. The first-order chi connectivity index (χ1) is 16.1. The topological polar surface area (TPSA) is 71.1 Å². The van der Waals surface area contributed by atoms with Gasteiger partial charge in [-0.2, -0.15) is 0 Å². The lowest BCUT2D eigenvalue weighted by atomic mass is 9.63. The fourth-order valence-electron chi connectivity index (χ4n) is 4.55. The van der Waals surface area contributed by atoms with Gasteiger partial charge in [0.2, 0.25) is 0 Å². The Bertz CT molecular complexity index is 570. The van der Waals surface area contributed by atoms with E-state index in [4.69, 9.17) is 18.9 Å². The molecule has 6 heteroatoms. The van der Waals surface area contributed by atoms with Crippen LogP contribution in [0.4, 0.5) is 0 Å². The smallest absolute Gasteiger partial charge is 0.303 e. The van der Waals surface area contributed by atoms with Crippen LogP contribution in [0.25, 0.3) is 0 Å². The van der Waals surface area contributed by atoms with E-state index in [1.54, 1.807) is 14.2 Å². The first-order valence-electron chi connectivity index (χ1n) is 13.6. The second-order valence-electron chi connectivity index (χ2n) is 11.0. The molecule has 0 heterocycles. The summed E-state index contributed by atoms with van der Waals surface area (Å²) in [7, 11) is 3.38. The molecule has 0 fully saturated rings. The normalized spacial score (nSPS) is 11.4. The predicted molar refractivity (Wildman–Crippen MR) is 234 cm³/mol. The molecule has 0 saturated heterocycles. The summed E-state index contributed by atoms with van der Waals surface area (Å²) >= 11 is 0. The number of carbonyl (C=O) groups is 2. The van der Waals surface area contributed by atoms with E-state index < -0.39 is 11.2 Å². The minimum Gasteiger partial charge on any atom is -0.459 e. The Morgan fingerprint density at radius 1 is 0.396 bits per heavy atom. The molecule has 0 aromatic rings. The summed E-state index contributed by atoms with van der Waals surface area (Å²) in [4.78, 5) is 22.3. The van der Waals surface area contributed by atoms with Crippen molar-refractivity contribution in [3.8, 4) is 0 Å². The number of methoxy groups -OCH3 is 2. The van der Waals surface area contributed by atoms with Crippen molar-refractivity contribution in [1.29, 1.82) is 0 Å². The Hall–Kier alpha value is -1.14. The maximum Gasteiger partial charge on any atom is 0.303 e. The SMILES string of the molecule is C.C.C.C.C.C.C.C.C.C.C.C.CC.CC.CCC(C)(C(C)(C)OC)C(C)(C)OC(C)=O.CCC(C)(C(C)(C)OC)C(C)(C)OC(C)=O. The van der Waals surface area contributed by atoms with Gasteiger partial charge >= 0.3 is 11.9 Å². The third-order valence-electron chi connectivity index (χ3n) is 8.55. The minimum absolute atomic E-state index is 0. The van der Waals surface area contributed by atoms with Crippen molar-refractivity contribution in [1.82, 2.24) is 0 Å². The van der Waals surface area contributed by atoms with E-state index in [-0.39, 0.29) is 123 Å². The first-order valence-corrected chi connectivity index (χ1v) is 13.6. The van der Waals surface area contributed by atoms with Crippen molar-refractivity contribution in [3.63, 3.8) is 0 Å². The Kier molecular flexibility index (Phi) is 90.6. The maximum atomic E-state index is 11.2. The Labute approximate surface area is 314 Å². The summed E-state index contributed by atoms with van der Waals surface area (Å²) in [5.41, 5.74) is -2.34. The molecular formula is C42H112O6. The molecule has 2 atom stereocenters. The molecule has 0 amide bonds. The number of rotatable bonds is 10. The zero-order chi connectivity index (χ0) is 30.4. The van der Waals surface area contributed by atoms with E-state index in [2.05, 4.69) is 27.7 Å². The standard InChI is InChI=1S/2C13H26O3.2C2H6.12CH4/c2*1-9-13(7,11(3,4)15-8)12(5,6)16-10(2)14;2*1-2;;;;;;;;;;;;/h2*9H2,1-8H3;2*1-2H3;12*1H4. The van der Waals surface area contributed by atoms with Crippen LogP contribution >= 0.6 is 0 Å². The molecule has 0 spiro atoms. The van der Waals surface area contributed by atoms with E-state index in [9.17, 15) is 9.59 Å². The number of ether oxygens (including phenoxy) is 4. The number of hydrogen-bond donors (Lipinski definition) is 0. The van der Waals surface area contributed by atoms with Crippen LogP contribution in [0.15, 0.2) is 0 Å². The monoisotopic (exact) mass is 713 g/mol. The number of esters is 2. The minimum atomic E-state index is -0.562. The molecule has 0 aromatic carbocycles. The van der Waals surface area contributed by atoms with Crippen LogP contribution in [-0.4, -0.2) is 48.6 Å². The summed E-state index contributed by atoms with van der Waals surface area (Å²) < 4.78 is 22.1. The van der Waals surface area contributed by atoms with E-state index >= 15 is 0 Å². The lowest BCUT2D eigenvalue weighted by Crippen LogP contribution is -2.57. The Balaban J connectivity index is -0.0000000224. The van der Waals surface area contributed by atoms with Gasteiger partial charge in [-0.15, -0.1) is 0 Å². The highest BCUT2D eigenvalue weighted by molar-refractivity contribution is 5.67. The Morgan fingerprint density at radius 2 is 0.542 bits per heavy atom. The fraction of sp³-hybridized carbons (Fsp3) is 0.952. The number of hydrogen-bond acceptors (Lipinski definition) is 6. The van der Waals surface area contributed by atoms with Crippen molar-refractivity contribution >= 4 is 11.9 Å². The zero-order valence-corrected chi connectivity index (χ0v) is 27.9. The third kappa shape index (κ3) is 26.7. The second-order valence-corrected chi connectivity index (χ2v) is 11.0. The molecule has 48 heavy (non-hydrogen) atoms. The average Bonchev–Trinajstić information content (AvgIpc) is 2.78. The van der Waals surface area contributed by atoms with Gasteiger partial charge in [-0.25, -0.2) is 0 Å². The van der Waals surface area contributed by atoms with Crippen LogP contribution in [0, 0.1) is 10.8 Å². The number of carbonyl (C=O) groups excluding carboxylic acids is 2. The molecule has 0 N–H and O–H groups in total. The van der Waals surface area contributed by atoms with Crippen LogP contribution in [-0.2, 0) is 28.5 Å². The van der Waals surface area contributed by atoms with Crippen molar-refractivity contribution < 1.29 is 28.5 Å². The first kappa shape index (κ1) is 103. The van der Waals surface area contributed by atoms with E-state index in [1.807, 2.05) is 83.1 Å². The quantitative estimate of drug-likeness (QED) is 0.210. The van der Waals surface area contributed by atoms with Gasteiger partial charge in [-0.3, -0.25) is 9.59 Å². The molecule has 0 rings (SSSR count). The van der Waals surface area contributed by atoms with Crippen molar-refractivity contribution in [2.75, 3.05) is 14.2 Å². The van der Waals surface area contributed by atoms with E-state index in [1.165, 1.54) is 13.8 Å². The highest BCUT2D eigenvalue weighted by atomic mass is 16.6. The van der Waals surface area contributed by atoms with Gasteiger partial charge in [0.15, 0.2) is 0 Å². The maximum absolute atomic E-state index is 11.2. The largest absolute Gasteiger partial charge is 0.459 e. The van der Waals surface area contributed by atoms with Crippen LogP contribution in [0.3, 0.4) is 0 Å². The van der Waals surface area contributed by atoms with Gasteiger partial charge in [0.05, 0.1) is 11.2 Å². The average molecular weight is 713 g/mol. The molecule has 0 aliphatic carbocycles. The van der Waals surface area contributed by atoms with E-state index in [0.29, 0.717) is 0 Å². The van der Waals surface area contributed by atoms with Gasteiger partial charge < -0.3 is 18.9 Å². The Morgan fingerprint density at radius 3 is 0.625 bits per heavy atom. The van der Waals surface area contributed by atoms with E-state index in [0.717, 1.165) is 12.8 Å². The van der Waals surface area contributed by atoms with Crippen molar-refractivity contribution in [2.45, 2.75) is 249 Å². The third-order valence-corrected chi connectivity index (χ3v) is 8.55. The molecule has 0 aliphatic rings. The lowest BCUT2D eigenvalue weighted by molar-refractivity contribution is -0.202. The van der Waals surface area contributed by atoms with Crippen LogP contribution < -0.4 is 0 Å². The van der Waals surface area contributed by atoms with Crippen molar-refractivity contribution in [2.24, 2.45) is 10.8 Å². The van der Waals surface area contributed by atoms with Crippen molar-refractivity contribution in [3.05, 3.63) is 0 Å². The van der Waals surface area contributed by atoms with Gasteiger partial charge in [0.25, 0.3) is 0 Å². The van der Waals surface area contributed by atoms with Gasteiger partial charge in [-0.1, -0.05) is 145 Å². The summed E-state index contributed by atoms with van der Waals surface area (Å²) in [5, 5.41) is 0. The summed E-state index contributed by atoms with van der Waals surface area (Å²) in [6.07, 6.45) is 1.74.